The Morgan fingerprint density at radius 3 is 3.00 bits per heavy atom. The first-order valence-electron chi connectivity index (χ1n) is 5.64. The molecule has 0 aromatic carbocycles. The van der Waals surface area contributed by atoms with E-state index in [0.717, 1.165) is 24.9 Å². The number of hydrogen-bond donors (Lipinski definition) is 2. The highest BCUT2D eigenvalue weighted by molar-refractivity contribution is 5.38. The second kappa shape index (κ2) is 5.53. The van der Waals surface area contributed by atoms with E-state index >= 15 is 0 Å². The van der Waals surface area contributed by atoms with Crippen molar-refractivity contribution in [2.75, 3.05) is 31.6 Å². The largest absolute Gasteiger partial charge is 0.416 e. The molecule has 0 spiro atoms. The predicted octanol–water partition coefficient (Wildman–Crippen LogP) is 1.50. The van der Waals surface area contributed by atoms with Crippen LogP contribution in [0.2, 0.25) is 0 Å². The smallest absolute Gasteiger partial charge is 0.378 e. The fourth-order valence-electron chi connectivity index (χ4n) is 1.68. The summed E-state index contributed by atoms with van der Waals surface area (Å²) in [6.45, 7) is 2.45. The van der Waals surface area contributed by atoms with Gasteiger partial charge < -0.3 is 15.4 Å². The van der Waals surface area contributed by atoms with Crippen molar-refractivity contribution >= 4 is 5.82 Å². The third kappa shape index (κ3) is 3.58. The molecule has 1 aromatic rings. The number of pyridine rings is 1. The van der Waals surface area contributed by atoms with Gasteiger partial charge in [0.15, 0.2) is 0 Å². The zero-order valence-electron chi connectivity index (χ0n) is 9.63. The van der Waals surface area contributed by atoms with Gasteiger partial charge in [-0.3, -0.25) is 0 Å². The summed E-state index contributed by atoms with van der Waals surface area (Å²) in [6.07, 6.45) is -3.19. The molecule has 1 unspecified atom stereocenters. The number of morpholine rings is 1. The minimum atomic E-state index is -4.34. The molecule has 0 aliphatic carbocycles. The van der Waals surface area contributed by atoms with Crippen molar-refractivity contribution in [2.45, 2.75) is 12.2 Å². The van der Waals surface area contributed by atoms with Crippen LogP contribution in [0.25, 0.3) is 0 Å². The minimum absolute atomic E-state index is 0.0927. The number of nitrogens with zero attached hydrogens (tertiary/aromatic N) is 1. The van der Waals surface area contributed by atoms with Gasteiger partial charge in [-0.15, -0.1) is 0 Å². The van der Waals surface area contributed by atoms with Crippen LogP contribution in [-0.2, 0) is 10.9 Å². The molecule has 1 aliphatic rings. The van der Waals surface area contributed by atoms with Gasteiger partial charge in [-0.2, -0.15) is 13.2 Å². The van der Waals surface area contributed by atoms with E-state index in [2.05, 4.69) is 15.6 Å². The Kier molecular flexibility index (Phi) is 4.03. The maximum atomic E-state index is 12.5. The number of alkyl halides is 3. The summed E-state index contributed by atoms with van der Waals surface area (Å²) in [5.41, 5.74) is -0.701. The highest BCUT2D eigenvalue weighted by atomic mass is 19.4. The summed E-state index contributed by atoms with van der Waals surface area (Å²) < 4.78 is 42.7. The molecule has 0 amide bonds. The van der Waals surface area contributed by atoms with Crippen LogP contribution in [0.5, 0.6) is 0 Å². The van der Waals surface area contributed by atoms with Crippen molar-refractivity contribution in [1.29, 1.82) is 0 Å². The summed E-state index contributed by atoms with van der Waals surface area (Å²) in [4.78, 5) is 3.86. The molecule has 4 nitrogen and oxygen atoms in total. The predicted molar refractivity (Wildman–Crippen MR) is 60.3 cm³/mol. The molecule has 1 atom stereocenters. The summed E-state index contributed by atoms with van der Waals surface area (Å²) in [5.74, 6) is 0.220. The fraction of sp³-hybridized carbons (Fsp3) is 0.545. The van der Waals surface area contributed by atoms with Gasteiger partial charge >= 0.3 is 6.18 Å². The van der Waals surface area contributed by atoms with Gasteiger partial charge in [-0.1, -0.05) is 0 Å². The first-order valence-corrected chi connectivity index (χ1v) is 5.64. The zero-order valence-corrected chi connectivity index (χ0v) is 9.63. The van der Waals surface area contributed by atoms with Gasteiger partial charge in [0.25, 0.3) is 0 Å². The molecular formula is C11H14F3N3O. The molecule has 1 fully saturated rings. The molecule has 1 aromatic heterocycles. The van der Waals surface area contributed by atoms with Crippen molar-refractivity contribution in [3.63, 3.8) is 0 Å². The molecule has 1 aliphatic heterocycles. The minimum Gasteiger partial charge on any atom is -0.378 e. The normalized spacial score (nSPS) is 20.7. The number of aromatic nitrogens is 1. The summed E-state index contributed by atoms with van der Waals surface area (Å²) in [7, 11) is 0. The molecular weight excluding hydrogens is 247 g/mol. The molecule has 1 saturated heterocycles. The topological polar surface area (TPSA) is 46.2 Å². The Morgan fingerprint density at radius 1 is 1.50 bits per heavy atom. The quantitative estimate of drug-likeness (QED) is 0.865. The van der Waals surface area contributed by atoms with Crippen LogP contribution < -0.4 is 10.6 Å². The standard InChI is InChI=1S/C11H14F3N3O/c12-11(13,14)8-1-2-16-10(5-8)17-6-9-7-18-4-3-15-9/h1-2,5,9,15H,3-4,6-7H2,(H,16,17). The number of ether oxygens (including phenoxy) is 1. The fourth-order valence-corrected chi connectivity index (χ4v) is 1.68. The van der Waals surface area contributed by atoms with E-state index in [1.807, 2.05) is 0 Å². The summed E-state index contributed by atoms with van der Waals surface area (Å²) in [5, 5.41) is 6.07. The second-order valence-corrected chi connectivity index (χ2v) is 4.03. The van der Waals surface area contributed by atoms with Gasteiger partial charge in [-0.25, -0.2) is 4.98 Å². The number of halogens is 3. The molecule has 7 heteroatoms. The van der Waals surface area contributed by atoms with E-state index in [4.69, 9.17) is 4.74 Å². The summed E-state index contributed by atoms with van der Waals surface area (Å²) in [6, 6.07) is 2.05. The van der Waals surface area contributed by atoms with Crippen molar-refractivity contribution in [3.8, 4) is 0 Å². The lowest BCUT2D eigenvalue weighted by atomic mass is 10.2. The maximum absolute atomic E-state index is 12.5. The van der Waals surface area contributed by atoms with Crippen LogP contribution in [0.3, 0.4) is 0 Å². The molecule has 0 radical (unpaired) electrons. The van der Waals surface area contributed by atoms with E-state index in [9.17, 15) is 13.2 Å². The molecule has 2 heterocycles. The van der Waals surface area contributed by atoms with Gasteiger partial charge in [-0.05, 0) is 12.1 Å². The Morgan fingerprint density at radius 2 is 2.33 bits per heavy atom. The Hall–Kier alpha value is -1.34. The first-order chi connectivity index (χ1) is 8.55. The molecule has 2 rings (SSSR count). The highest BCUT2D eigenvalue weighted by Crippen LogP contribution is 2.29. The Balaban J connectivity index is 1.92. The first kappa shape index (κ1) is 13.1. The van der Waals surface area contributed by atoms with Gasteiger partial charge in [0.2, 0.25) is 0 Å². The van der Waals surface area contributed by atoms with Crippen LogP contribution in [0.4, 0.5) is 19.0 Å². The van der Waals surface area contributed by atoms with E-state index in [1.54, 1.807) is 0 Å². The van der Waals surface area contributed by atoms with E-state index in [1.165, 1.54) is 0 Å². The average molecular weight is 261 g/mol. The SMILES string of the molecule is FC(F)(F)c1ccnc(NCC2COCCN2)c1. The maximum Gasteiger partial charge on any atom is 0.416 e. The average Bonchev–Trinajstić information content (AvgIpc) is 2.37. The molecule has 0 bridgehead atoms. The lowest BCUT2D eigenvalue weighted by molar-refractivity contribution is -0.137. The number of rotatable bonds is 3. The van der Waals surface area contributed by atoms with Crippen LogP contribution in [0.15, 0.2) is 18.3 Å². The zero-order chi connectivity index (χ0) is 13.0. The third-order valence-corrected chi connectivity index (χ3v) is 2.62. The monoisotopic (exact) mass is 261 g/mol. The molecule has 2 N–H and O–H groups in total. The van der Waals surface area contributed by atoms with Crippen LogP contribution in [0, 0.1) is 0 Å². The number of hydrogen-bond acceptors (Lipinski definition) is 4. The van der Waals surface area contributed by atoms with Crippen LogP contribution >= 0.6 is 0 Å². The van der Waals surface area contributed by atoms with Crippen molar-refractivity contribution in [1.82, 2.24) is 10.3 Å². The molecule has 100 valence electrons. The lowest BCUT2D eigenvalue weighted by Crippen LogP contribution is -2.45. The molecule has 0 saturated carbocycles. The van der Waals surface area contributed by atoms with E-state index in [-0.39, 0.29) is 11.9 Å². The lowest BCUT2D eigenvalue weighted by Gasteiger charge is -2.24. The van der Waals surface area contributed by atoms with Crippen LogP contribution in [-0.4, -0.2) is 37.3 Å². The third-order valence-electron chi connectivity index (χ3n) is 2.62. The van der Waals surface area contributed by atoms with Gasteiger partial charge in [0.05, 0.1) is 18.8 Å². The van der Waals surface area contributed by atoms with Gasteiger partial charge in [0.1, 0.15) is 5.82 Å². The second-order valence-electron chi connectivity index (χ2n) is 4.03. The van der Waals surface area contributed by atoms with Gasteiger partial charge in [0, 0.05) is 25.3 Å². The van der Waals surface area contributed by atoms with E-state index in [0.29, 0.717) is 19.8 Å². The van der Waals surface area contributed by atoms with E-state index < -0.39 is 11.7 Å². The van der Waals surface area contributed by atoms with Crippen molar-refractivity contribution in [3.05, 3.63) is 23.9 Å². The van der Waals surface area contributed by atoms with Crippen molar-refractivity contribution < 1.29 is 17.9 Å². The molecule has 18 heavy (non-hydrogen) atoms. The highest BCUT2D eigenvalue weighted by Gasteiger charge is 2.30. The Labute approximate surface area is 103 Å². The number of anilines is 1. The summed E-state index contributed by atoms with van der Waals surface area (Å²) >= 11 is 0. The van der Waals surface area contributed by atoms with Crippen LogP contribution in [0.1, 0.15) is 5.56 Å². The Bertz CT molecular complexity index is 391. The number of nitrogens with one attached hydrogen (secondary N) is 2. The van der Waals surface area contributed by atoms with Crippen molar-refractivity contribution in [2.24, 2.45) is 0 Å².